The molecule has 0 radical (unpaired) electrons. The summed E-state index contributed by atoms with van der Waals surface area (Å²) >= 11 is 0. The van der Waals surface area contributed by atoms with Gasteiger partial charge in [0.05, 0.1) is 31.0 Å². The zero-order valence-corrected chi connectivity index (χ0v) is 25.5. The fourth-order valence-electron chi connectivity index (χ4n) is 8.70. The van der Waals surface area contributed by atoms with E-state index in [0.717, 1.165) is 47.9 Å². The van der Waals surface area contributed by atoms with Crippen LogP contribution in [-0.2, 0) is 9.47 Å². The molecule has 3 N–H and O–H groups in total. The molecular formula is C37H43NO5. The van der Waals surface area contributed by atoms with Crippen LogP contribution in [0.3, 0.4) is 0 Å². The molecule has 0 spiro atoms. The molecule has 1 aliphatic heterocycles. The smallest absolute Gasteiger partial charge is 0.166 e. The Labute approximate surface area is 255 Å². The molecule has 2 aromatic carbocycles. The van der Waals surface area contributed by atoms with Crippen LogP contribution >= 0.6 is 0 Å². The van der Waals surface area contributed by atoms with E-state index in [9.17, 15) is 15.3 Å². The van der Waals surface area contributed by atoms with Gasteiger partial charge in [-0.1, -0.05) is 54.8 Å². The Balaban J connectivity index is 1.39. The van der Waals surface area contributed by atoms with Crippen molar-refractivity contribution in [3.05, 3.63) is 81.9 Å². The summed E-state index contributed by atoms with van der Waals surface area (Å²) in [5.41, 5.74) is 4.21. The fraction of sp³-hybridized carbons (Fsp3) is 0.541. The summed E-state index contributed by atoms with van der Waals surface area (Å²) in [6, 6.07) is 17.3. The number of benzene rings is 2. The van der Waals surface area contributed by atoms with E-state index < -0.39 is 23.6 Å². The number of allylic oxidation sites excluding steroid dienone is 1. The van der Waals surface area contributed by atoms with E-state index in [1.165, 1.54) is 5.57 Å². The van der Waals surface area contributed by atoms with Gasteiger partial charge in [0.1, 0.15) is 11.7 Å². The minimum Gasteiger partial charge on any atom is -0.389 e. The van der Waals surface area contributed by atoms with Crippen molar-refractivity contribution < 1.29 is 24.8 Å². The molecule has 1 heterocycles. The highest BCUT2D eigenvalue weighted by Crippen LogP contribution is 2.66. The second-order valence-electron chi connectivity index (χ2n) is 13.4. The first-order chi connectivity index (χ1) is 20.6. The summed E-state index contributed by atoms with van der Waals surface area (Å²) < 4.78 is 11.8. The van der Waals surface area contributed by atoms with Crippen LogP contribution in [0.4, 0.5) is 0 Å². The first kappa shape index (κ1) is 30.1. The summed E-state index contributed by atoms with van der Waals surface area (Å²) in [6.07, 6.45) is 4.03. The van der Waals surface area contributed by atoms with Gasteiger partial charge in [0.15, 0.2) is 5.79 Å². The Kier molecular flexibility index (Phi) is 8.05. The number of nitriles is 1. The highest BCUT2D eigenvalue weighted by molar-refractivity contribution is 5.44. The Morgan fingerprint density at radius 3 is 2.26 bits per heavy atom. The summed E-state index contributed by atoms with van der Waals surface area (Å²) in [6.45, 7) is 7.21. The van der Waals surface area contributed by atoms with E-state index in [0.29, 0.717) is 44.0 Å². The second-order valence-corrected chi connectivity index (χ2v) is 13.4. The maximum atomic E-state index is 12.0. The molecule has 0 aromatic heterocycles. The number of hydrogen-bond acceptors (Lipinski definition) is 6. The Hall–Kier alpha value is -2.97. The predicted octanol–water partition coefficient (Wildman–Crippen LogP) is 5.91. The van der Waals surface area contributed by atoms with Crippen LogP contribution in [0.5, 0.6) is 0 Å². The van der Waals surface area contributed by atoms with Crippen molar-refractivity contribution in [3.8, 4) is 17.9 Å². The van der Waals surface area contributed by atoms with Crippen LogP contribution in [0.1, 0.15) is 100.0 Å². The Morgan fingerprint density at radius 2 is 1.63 bits per heavy atom. The number of hydrogen-bond donors (Lipinski definition) is 3. The van der Waals surface area contributed by atoms with Gasteiger partial charge < -0.3 is 24.8 Å². The third-order valence-electron chi connectivity index (χ3n) is 11.1. The zero-order chi connectivity index (χ0) is 30.4. The van der Waals surface area contributed by atoms with Gasteiger partial charge in [0.2, 0.25) is 0 Å². The van der Waals surface area contributed by atoms with Crippen molar-refractivity contribution in [3.63, 3.8) is 0 Å². The van der Waals surface area contributed by atoms with Crippen molar-refractivity contribution in [1.29, 1.82) is 5.26 Å². The first-order valence-electron chi connectivity index (χ1n) is 15.7. The molecule has 3 aliphatic carbocycles. The molecule has 2 aromatic rings. The maximum absolute atomic E-state index is 12.0. The van der Waals surface area contributed by atoms with Crippen LogP contribution in [0.2, 0.25) is 0 Å². The van der Waals surface area contributed by atoms with Gasteiger partial charge in [-0.05, 0) is 98.6 Å². The standard InChI is InChI=1S/C37H43NO5/c1-4-17-37(41)19-16-31-28-13-14-32(39)29(15-18-36(3)42-20-21-43-36)33(28)30(22-35(31,37)2)25-9-11-27(12-10-25)34(40)26-7-5-24(23-38)6-8-26/h5-12,28,30-32,34,39-41H,13-16,18-22H2,1-3H3. The molecule has 6 nitrogen and oxygen atoms in total. The van der Waals surface area contributed by atoms with Gasteiger partial charge in [-0.3, -0.25) is 0 Å². The van der Waals surface area contributed by atoms with Crippen LogP contribution in [0.15, 0.2) is 59.7 Å². The lowest BCUT2D eigenvalue weighted by molar-refractivity contribution is -0.146. The van der Waals surface area contributed by atoms with E-state index in [-0.39, 0.29) is 17.3 Å². The van der Waals surface area contributed by atoms with E-state index >= 15 is 0 Å². The Bertz CT molecular complexity index is 1470. The van der Waals surface area contributed by atoms with Gasteiger partial charge in [0, 0.05) is 17.8 Å². The van der Waals surface area contributed by atoms with Crippen molar-refractivity contribution in [1.82, 2.24) is 0 Å². The summed E-state index contributed by atoms with van der Waals surface area (Å²) in [4.78, 5) is 0. The van der Waals surface area contributed by atoms with Gasteiger partial charge in [0.25, 0.3) is 0 Å². The topological polar surface area (TPSA) is 103 Å². The quantitative estimate of drug-likeness (QED) is 0.290. The van der Waals surface area contributed by atoms with Crippen molar-refractivity contribution in [2.24, 2.45) is 17.3 Å². The molecule has 0 amide bonds. The summed E-state index contributed by atoms with van der Waals surface area (Å²) in [5.74, 6) is 6.18. The third kappa shape index (κ3) is 5.24. The van der Waals surface area contributed by atoms with Crippen LogP contribution in [0.25, 0.3) is 0 Å². The minimum absolute atomic E-state index is 0.0128. The number of aliphatic hydroxyl groups is 3. The third-order valence-corrected chi connectivity index (χ3v) is 11.1. The molecule has 6 rings (SSSR count). The van der Waals surface area contributed by atoms with Crippen molar-refractivity contribution >= 4 is 0 Å². The maximum Gasteiger partial charge on any atom is 0.166 e. The summed E-state index contributed by atoms with van der Waals surface area (Å²) in [7, 11) is 0. The monoisotopic (exact) mass is 581 g/mol. The van der Waals surface area contributed by atoms with Gasteiger partial charge in [-0.15, -0.1) is 5.92 Å². The van der Waals surface area contributed by atoms with E-state index in [1.807, 2.05) is 19.1 Å². The van der Waals surface area contributed by atoms with Crippen LogP contribution < -0.4 is 0 Å². The molecule has 7 unspecified atom stereocenters. The molecule has 6 heteroatoms. The van der Waals surface area contributed by atoms with Gasteiger partial charge in [-0.25, -0.2) is 0 Å². The lowest BCUT2D eigenvalue weighted by Crippen LogP contribution is -2.51. The van der Waals surface area contributed by atoms with E-state index in [1.54, 1.807) is 31.2 Å². The average Bonchev–Trinajstić information content (AvgIpc) is 3.56. The molecule has 3 fully saturated rings. The lowest BCUT2D eigenvalue weighted by atomic mass is 9.51. The number of fused-ring (bicyclic) bond motifs is 3. The zero-order valence-electron chi connectivity index (χ0n) is 25.5. The van der Waals surface area contributed by atoms with E-state index in [2.05, 4.69) is 37.0 Å². The molecule has 1 saturated heterocycles. The number of ether oxygens (including phenoxy) is 2. The molecule has 7 atom stereocenters. The minimum atomic E-state index is -1.04. The van der Waals surface area contributed by atoms with Crippen molar-refractivity contribution in [2.75, 3.05) is 13.2 Å². The van der Waals surface area contributed by atoms with Gasteiger partial charge in [-0.2, -0.15) is 5.26 Å². The van der Waals surface area contributed by atoms with Crippen LogP contribution in [0, 0.1) is 40.4 Å². The lowest BCUT2D eigenvalue weighted by Gasteiger charge is -2.54. The largest absolute Gasteiger partial charge is 0.389 e. The van der Waals surface area contributed by atoms with Gasteiger partial charge >= 0.3 is 0 Å². The second kappa shape index (κ2) is 11.5. The molecular weight excluding hydrogens is 538 g/mol. The average molecular weight is 582 g/mol. The SMILES string of the molecule is CC#CC1(O)CCC2C3CCC(O)C(CCC4(C)OCCO4)=C3C(c3ccc(C(O)c4ccc(C#N)cc4)cc3)CC21C. The predicted molar refractivity (Wildman–Crippen MR) is 164 cm³/mol. The normalized spacial score (nSPS) is 33.6. The number of rotatable bonds is 6. The first-order valence-corrected chi connectivity index (χ1v) is 15.7. The number of aliphatic hydroxyl groups excluding tert-OH is 2. The molecule has 4 aliphatic rings. The molecule has 2 saturated carbocycles. The van der Waals surface area contributed by atoms with Crippen molar-refractivity contribution in [2.45, 2.75) is 95.2 Å². The van der Waals surface area contributed by atoms with E-state index in [4.69, 9.17) is 14.7 Å². The molecule has 43 heavy (non-hydrogen) atoms. The highest BCUT2D eigenvalue weighted by Gasteiger charge is 2.62. The molecule has 226 valence electrons. The highest BCUT2D eigenvalue weighted by atomic mass is 16.7. The Morgan fingerprint density at radius 1 is 0.977 bits per heavy atom. The summed E-state index contributed by atoms with van der Waals surface area (Å²) in [5, 5.41) is 43.6. The molecule has 0 bridgehead atoms. The fourth-order valence-corrected chi connectivity index (χ4v) is 8.70. The number of nitrogens with zero attached hydrogens (tertiary/aromatic N) is 1. The van der Waals surface area contributed by atoms with Crippen LogP contribution in [-0.4, -0.2) is 46.0 Å².